The Balaban J connectivity index is 1.49. The van der Waals surface area contributed by atoms with E-state index in [0.29, 0.717) is 23.2 Å². The Morgan fingerprint density at radius 2 is 1.64 bits per heavy atom. The highest BCUT2D eigenvalue weighted by Gasteiger charge is 2.44. The summed E-state index contributed by atoms with van der Waals surface area (Å²) in [5, 5.41) is 8.85. The van der Waals surface area contributed by atoms with E-state index in [1.54, 1.807) is 0 Å². The number of hydrogen-bond acceptors (Lipinski definition) is 6. The molecule has 8 heteroatoms. The maximum Gasteiger partial charge on any atom is 0.231 e. The summed E-state index contributed by atoms with van der Waals surface area (Å²) in [5.74, 6) is 1.59. The summed E-state index contributed by atoms with van der Waals surface area (Å²) in [7, 11) is 0.152. The van der Waals surface area contributed by atoms with Crippen LogP contribution in [0.4, 0.5) is 5.95 Å². The van der Waals surface area contributed by atoms with Crippen LogP contribution in [0.25, 0.3) is 5.65 Å². The standard InChI is InChI=1S/C28H43N5O2Si/c1-19(2)36(20(3)4,21(5)6)34-17-16-32(7)28-31-30-27-15-12-22(18-33(27)28)35-26-14-13-25(29)23-10-8-9-11-24(23)26/h8-12,15,18-21,25-26H,13-14,16-17,29H2,1-7H3/t25-,26+/m0/s1. The molecule has 0 amide bonds. The SMILES string of the molecule is CC(C)[Si](OCCN(C)c1nnc2ccc(O[C@@H]3CC[C@H](N)c4ccccc43)cn12)(C(C)C)C(C)C. The smallest absolute Gasteiger partial charge is 0.231 e. The summed E-state index contributed by atoms with van der Waals surface area (Å²) in [6, 6.07) is 12.4. The van der Waals surface area contributed by atoms with Crippen molar-refractivity contribution in [1.82, 2.24) is 14.6 Å². The molecular formula is C28H43N5O2Si. The molecule has 2 atom stereocenters. The van der Waals surface area contributed by atoms with Gasteiger partial charge in [-0.15, -0.1) is 10.2 Å². The first-order valence-electron chi connectivity index (χ1n) is 13.4. The number of likely N-dealkylation sites (N-methyl/N-ethyl adjacent to an activating group) is 1. The van der Waals surface area contributed by atoms with E-state index in [-0.39, 0.29) is 12.1 Å². The molecule has 0 bridgehead atoms. The third-order valence-corrected chi connectivity index (χ3v) is 14.1. The van der Waals surface area contributed by atoms with Gasteiger partial charge in [-0.1, -0.05) is 65.8 Å². The van der Waals surface area contributed by atoms with Gasteiger partial charge in [0.2, 0.25) is 5.95 Å². The summed E-state index contributed by atoms with van der Waals surface area (Å²) in [5.41, 5.74) is 11.2. The van der Waals surface area contributed by atoms with Gasteiger partial charge in [0, 0.05) is 19.6 Å². The normalized spacial score (nSPS) is 18.3. The second-order valence-corrected chi connectivity index (χ2v) is 16.6. The summed E-state index contributed by atoms with van der Waals surface area (Å²) in [6.45, 7) is 15.4. The van der Waals surface area contributed by atoms with Gasteiger partial charge in [-0.2, -0.15) is 0 Å². The molecule has 36 heavy (non-hydrogen) atoms. The van der Waals surface area contributed by atoms with Gasteiger partial charge in [-0.3, -0.25) is 4.40 Å². The lowest BCUT2D eigenvalue weighted by Gasteiger charge is -2.42. The number of nitrogens with two attached hydrogens (primary N) is 1. The minimum Gasteiger partial charge on any atom is -0.484 e. The highest BCUT2D eigenvalue weighted by atomic mass is 28.4. The third-order valence-electron chi connectivity index (χ3n) is 7.95. The monoisotopic (exact) mass is 509 g/mol. The summed E-state index contributed by atoms with van der Waals surface area (Å²) in [4.78, 5) is 2.12. The van der Waals surface area contributed by atoms with Crippen LogP contribution in [0.3, 0.4) is 0 Å². The first-order valence-corrected chi connectivity index (χ1v) is 15.5. The van der Waals surface area contributed by atoms with Crippen LogP contribution in [0.2, 0.25) is 16.6 Å². The predicted octanol–water partition coefficient (Wildman–Crippen LogP) is 6.27. The molecule has 7 nitrogen and oxygen atoms in total. The van der Waals surface area contributed by atoms with Crippen LogP contribution in [-0.4, -0.2) is 43.1 Å². The predicted molar refractivity (Wildman–Crippen MR) is 149 cm³/mol. The zero-order valence-electron chi connectivity index (χ0n) is 22.9. The van der Waals surface area contributed by atoms with E-state index < -0.39 is 8.32 Å². The van der Waals surface area contributed by atoms with E-state index in [0.717, 1.165) is 36.7 Å². The zero-order chi connectivity index (χ0) is 26.0. The fourth-order valence-electron chi connectivity index (χ4n) is 6.22. The molecule has 2 aromatic heterocycles. The molecule has 1 aliphatic carbocycles. The lowest BCUT2D eigenvalue weighted by Crippen LogP contribution is -2.49. The van der Waals surface area contributed by atoms with Crippen LogP contribution in [0, 0.1) is 0 Å². The Bertz CT molecular complexity index is 1140. The maximum absolute atomic E-state index is 6.77. The number of fused-ring (bicyclic) bond motifs is 2. The maximum atomic E-state index is 6.77. The Morgan fingerprint density at radius 3 is 2.31 bits per heavy atom. The molecule has 2 heterocycles. The zero-order valence-corrected chi connectivity index (χ0v) is 23.9. The lowest BCUT2D eigenvalue weighted by atomic mass is 9.86. The van der Waals surface area contributed by atoms with Crippen molar-refractivity contribution < 1.29 is 9.16 Å². The molecule has 3 aromatic rings. The first-order chi connectivity index (χ1) is 17.1. The number of ether oxygens (including phenoxy) is 1. The van der Waals surface area contributed by atoms with E-state index in [1.165, 1.54) is 11.1 Å². The van der Waals surface area contributed by atoms with E-state index in [4.69, 9.17) is 14.9 Å². The van der Waals surface area contributed by atoms with Crippen molar-refractivity contribution in [2.45, 2.75) is 83.2 Å². The quantitative estimate of drug-likeness (QED) is 0.325. The highest BCUT2D eigenvalue weighted by molar-refractivity contribution is 6.77. The van der Waals surface area contributed by atoms with E-state index in [9.17, 15) is 0 Å². The van der Waals surface area contributed by atoms with Gasteiger partial charge in [0.1, 0.15) is 11.9 Å². The van der Waals surface area contributed by atoms with Gasteiger partial charge in [0.05, 0.1) is 12.8 Å². The van der Waals surface area contributed by atoms with E-state index in [1.807, 2.05) is 28.8 Å². The number of benzene rings is 1. The fraction of sp³-hybridized carbons (Fsp3) is 0.571. The van der Waals surface area contributed by atoms with Crippen molar-refractivity contribution in [2.75, 3.05) is 25.1 Å². The molecule has 0 radical (unpaired) electrons. The number of pyridine rings is 1. The molecule has 0 saturated heterocycles. The third kappa shape index (κ3) is 5.03. The second-order valence-electron chi connectivity index (χ2n) is 11.1. The molecule has 0 saturated carbocycles. The Kier molecular flexibility index (Phi) is 8.07. The molecule has 196 valence electrons. The van der Waals surface area contributed by atoms with Crippen molar-refractivity contribution in [3.63, 3.8) is 0 Å². The largest absolute Gasteiger partial charge is 0.484 e. The summed E-state index contributed by atoms with van der Waals surface area (Å²) in [6.07, 6.45) is 3.80. The second kappa shape index (κ2) is 10.9. The van der Waals surface area contributed by atoms with Crippen molar-refractivity contribution in [1.29, 1.82) is 0 Å². The van der Waals surface area contributed by atoms with Gasteiger partial charge < -0.3 is 19.8 Å². The molecule has 0 fully saturated rings. The lowest BCUT2D eigenvalue weighted by molar-refractivity contribution is 0.176. The van der Waals surface area contributed by atoms with Crippen LogP contribution in [0.15, 0.2) is 42.6 Å². The first kappa shape index (κ1) is 26.6. The Hall–Kier alpha value is -2.42. The molecule has 4 rings (SSSR count). The van der Waals surface area contributed by atoms with Crippen LogP contribution in [-0.2, 0) is 4.43 Å². The number of rotatable bonds is 10. The van der Waals surface area contributed by atoms with Gasteiger partial charge in [0.15, 0.2) is 14.0 Å². The Morgan fingerprint density at radius 1 is 0.972 bits per heavy atom. The van der Waals surface area contributed by atoms with Crippen LogP contribution in [0.1, 0.15) is 77.7 Å². The topological polar surface area (TPSA) is 77.9 Å². The van der Waals surface area contributed by atoms with Crippen LogP contribution < -0.4 is 15.4 Å². The van der Waals surface area contributed by atoms with Crippen molar-refractivity contribution in [3.05, 3.63) is 53.7 Å². The average Bonchev–Trinajstić information content (AvgIpc) is 3.26. The van der Waals surface area contributed by atoms with Crippen LogP contribution >= 0.6 is 0 Å². The Labute approximate surface area is 217 Å². The minimum atomic E-state index is -1.90. The van der Waals surface area contributed by atoms with Gasteiger partial charge >= 0.3 is 0 Å². The molecule has 0 unspecified atom stereocenters. The van der Waals surface area contributed by atoms with E-state index >= 15 is 0 Å². The number of nitrogens with zero attached hydrogens (tertiary/aromatic N) is 4. The molecular weight excluding hydrogens is 466 g/mol. The molecule has 1 aliphatic rings. The van der Waals surface area contributed by atoms with Gasteiger partial charge in [0.25, 0.3) is 0 Å². The van der Waals surface area contributed by atoms with Crippen molar-refractivity contribution in [3.8, 4) is 5.75 Å². The van der Waals surface area contributed by atoms with Crippen molar-refractivity contribution >= 4 is 19.9 Å². The molecule has 0 spiro atoms. The van der Waals surface area contributed by atoms with Gasteiger partial charge in [-0.05, 0) is 52.7 Å². The van der Waals surface area contributed by atoms with Crippen LogP contribution in [0.5, 0.6) is 5.75 Å². The number of aromatic nitrogens is 3. The fourth-order valence-corrected chi connectivity index (χ4v) is 11.7. The van der Waals surface area contributed by atoms with Crippen molar-refractivity contribution in [2.24, 2.45) is 5.73 Å². The van der Waals surface area contributed by atoms with Gasteiger partial charge in [-0.25, -0.2) is 0 Å². The summed E-state index contributed by atoms with van der Waals surface area (Å²) >= 11 is 0. The highest BCUT2D eigenvalue weighted by Crippen LogP contribution is 2.42. The number of hydrogen-bond donors (Lipinski definition) is 1. The minimum absolute atomic E-state index is 0.00862. The van der Waals surface area contributed by atoms with E-state index in [2.05, 4.69) is 81.9 Å². The average molecular weight is 510 g/mol. The molecule has 1 aromatic carbocycles. The summed E-state index contributed by atoms with van der Waals surface area (Å²) < 4.78 is 15.3. The number of anilines is 1. The molecule has 0 aliphatic heterocycles. The molecule has 2 N–H and O–H groups in total.